The van der Waals surface area contributed by atoms with E-state index in [0.29, 0.717) is 28.8 Å². The summed E-state index contributed by atoms with van der Waals surface area (Å²) in [6, 6.07) is 22.3. The lowest BCUT2D eigenvalue weighted by Crippen LogP contribution is -2.52. The minimum atomic E-state index is -0.660. The zero-order valence-electron chi connectivity index (χ0n) is 20.9. The first-order valence-corrected chi connectivity index (χ1v) is 14.9. The summed E-state index contributed by atoms with van der Waals surface area (Å²) >= 11 is 17.6. The van der Waals surface area contributed by atoms with E-state index in [4.69, 9.17) is 23.2 Å². The molecule has 2 atom stereocenters. The van der Waals surface area contributed by atoms with Crippen LogP contribution in [0.2, 0.25) is 10.0 Å². The highest BCUT2D eigenvalue weighted by atomic mass is 79.9. The molecule has 0 spiro atoms. The third-order valence-electron chi connectivity index (χ3n) is 6.05. The molecule has 0 saturated carbocycles. The van der Waals surface area contributed by atoms with Gasteiger partial charge in [0.25, 0.3) is 0 Å². The molecule has 0 radical (unpaired) electrons. The maximum Gasteiger partial charge on any atom is 0.243 e. The van der Waals surface area contributed by atoms with Crippen LogP contribution in [0, 0.1) is 0 Å². The van der Waals surface area contributed by atoms with E-state index in [-0.39, 0.29) is 23.6 Å². The molecule has 0 fully saturated rings. The van der Waals surface area contributed by atoms with Gasteiger partial charge in [0.2, 0.25) is 11.8 Å². The summed E-state index contributed by atoms with van der Waals surface area (Å²) < 4.78 is 0.920. The summed E-state index contributed by atoms with van der Waals surface area (Å²) in [5.41, 5.74) is 2.74. The topological polar surface area (TPSA) is 49.4 Å². The third-order valence-corrected chi connectivity index (χ3v) is 8.19. The van der Waals surface area contributed by atoms with Crippen LogP contribution < -0.4 is 5.32 Å². The van der Waals surface area contributed by atoms with Crippen molar-refractivity contribution in [1.82, 2.24) is 10.2 Å². The van der Waals surface area contributed by atoms with Crippen molar-refractivity contribution in [2.24, 2.45) is 0 Å². The molecule has 3 rings (SSSR count). The minimum absolute atomic E-state index is 0.00494. The van der Waals surface area contributed by atoms with Crippen molar-refractivity contribution in [3.8, 4) is 0 Å². The number of carbonyl (C=O) groups is 2. The van der Waals surface area contributed by atoms with Gasteiger partial charge in [0, 0.05) is 39.3 Å². The van der Waals surface area contributed by atoms with Gasteiger partial charge in [-0.25, -0.2) is 0 Å². The molecule has 8 heteroatoms. The normalized spacial score (nSPS) is 12.6. The van der Waals surface area contributed by atoms with Gasteiger partial charge >= 0.3 is 0 Å². The first-order chi connectivity index (χ1) is 17.8. The van der Waals surface area contributed by atoms with Gasteiger partial charge in [-0.05, 0) is 54.3 Å². The second-order valence-electron chi connectivity index (χ2n) is 8.87. The number of nitrogens with one attached hydrogen (secondary N) is 1. The molecule has 0 aromatic heterocycles. The van der Waals surface area contributed by atoms with E-state index in [2.05, 4.69) is 21.2 Å². The quantitative estimate of drug-likeness (QED) is 0.227. The molecule has 0 saturated heterocycles. The zero-order valence-corrected chi connectivity index (χ0v) is 24.8. The Hall–Kier alpha value is -1.99. The first-order valence-electron chi connectivity index (χ1n) is 12.2. The Labute approximate surface area is 242 Å². The summed E-state index contributed by atoms with van der Waals surface area (Å²) in [6.07, 6.45) is 1.22. The smallest absolute Gasteiger partial charge is 0.243 e. The molecule has 3 aromatic carbocycles. The fraction of sp³-hybridized carbons (Fsp3) is 0.310. The number of amides is 2. The van der Waals surface area contributed by atoms with E-state index in [1.807, 2.05) is 68.4 Å². The second-order valence-corrected chi connectivity index (χ2v) is 11.6. The predicted octanol–water partition coefficient (Wildman–Crippen LogP) is 7.54. The monoisotopic (exact) mass is 620 g/mol. The molecule has 1 N–H and O–H groups in total. The fourth-order valence-electron chi connectivity index (χ4n) is 3.82. The highest BCUT2D eigenvalue weighted by Crippen LogP contribution is 2.28. The predicted molar refractivity (Wildman–Crippen MR) is 159 cm³/mol. The van der Waals surface area contributed by atoms with Crippen molar-refractivity contribution in [3.05, 3.63) is 104 Å². The maximum atomic E-state index is 13.7. The van der Waals surface area contributed by atoms with Crippen molar-refractivity contribution in [3.63, 3.8) is 0 Å². The van der Waals surface area contributed by atoms with Crippen molar-refractivity contribution < 1.29 is 9.59 Å². The van der Waals surface area contributed by atoms with Crippen LogP contribution in [-0.2, 0) is 28.3 Å². The van der Waals surface area contributed by atoms with Crippen LogP contribution in [0.4, 0.5) is 0 Å². The van der Waals surface area contributed by atoms with Gasteiger partial charge in [-0.2, -0.15) is 0 Å². The zero-order chi connectivity index (χ0) is 26.8. The molecule has 0 unspecified atom stereocenters. The second kappa shape index (κ2) is 14.8. The van der Waals surface area contributed by atoms with E-state index < -0.39 is 6.04 Å². The Morgan fingerprint density at radius 1 is 0.973 bits per heavy atom. The van der Waals surface area contributed by atoms with Crippen molar-refractivity contribution in [1.29, 1.82) is 0 Å². The summed E-state index contributed by atoms with van der Waals surface area (Å²) in [7, 11) is 0. The molecule has 0 aliphatic rings. The minimum Gasteiger partial charge on any atom is -0.352 e. The SMILES string of the molecule is CC[C@H](C)NC(=O)[C@@H](Cc1ccccc1)N(Cc1cccc(Br)c1)C(=O)CSCc1c(Cl)cccc1Cl. The highest BCUT2D eigenvalue weighted by Gasteiger charge is 2.31. The lowest BCUT2D eigenvalue weighted by molar-refractivity contribution is -0.139. The molecular formula is C29H31BrCl2N2O2S. The van der Waals surface area contributed by atoms with Gasteiger partial charge in [0.1, 0.15) is 6.04 Å². The van der Waals surface area contributed by atoms with Crippen LogP contribution in [0.25, 0.3) is 0 Å². The van der Waals surface area contributed by atoms with Gasteiger partial charge in [0.15, 0.2) is 0 Å². The average molecular weight is 622 g/mol. The van der Waals surface area contributed by atoms with Gasteiger partial charge in [-0.15, -0.1) is 11.8 Å². The number of halogens is 3. The molecule has 4 nitrogen and oxygen atoms in total. The number of hydrogen-bond acceptors (Lipinski definition) is 3. The first kappa shape index (κ1) is 29.6. The van der Waals surface area contributed by atoms with E-state index in [1.54, 1.807) is 23.1 Å². The summed E-state index contributed by atoms with van der Waals surface area (Å²) in [6.45, 7) is 4.32. The molecule has 37 heavy (non-hydrogen) atoms. The van der Waals surface area contributed by atoms with Gasteiger partial charge in [-0.3, -0.25) is 9.59 Å². The van der Waals surface area contributed by atoms with Crippen LogP contribution in [0.15, 0.2) is 77.3 Å². The van der Waals surface area contributed by atoms with Crippen molar-refractivity contribution >= 4 is 62.7 Å². The third kappa shape index (κ3) is 9.06. The molecule has 0 heterocycles. The number of hydrogen-bond donors (Lipinski definition) is 1. The summed E-state index contributed by atoms with van der Waals surface area (Å²) in [5.74, 6) is 0.420. The van der Waals surface area contributed by atoms with E-state index in [9.17, 15) is 9.59 Å². The molecular weight excluding hydrogens is 591 g/mol. The number of carbonyl (C=O) groups excluding carboxylic acids is 2. The molecule has 2 amide bonds. The Balaban J connectivity index is 1.88. The molecule has 0 aliphatic carbocycles. The van der Waals surface area contributed by atoms with Crippen LogP contribution in [-0.4, -0.2) is 34.6 Å². The van der Waals surface area contributed by atoms with Gasteiger partial charge in [0.05, 0.1) is 5.75 Å². The van der Waals surface area contributed by atoms with Crippen LogP contribution in [0.3, 0.4) is 0 Å². The van der Waals surface area contributed by atoms with Crippen LogP contribution in [0.1, 0.15) is 37.0 Å². The maximum absolute atomic E-state index is 13.7. The Morgan fingerprint density at radius 2 is 1.62 bits per heavy atom. The number of rotatable bonds is 12. The largest absolute Gasteiger partial charge is 0.352 e. The van der Waals surface area contributed by atoms with Crippen LogP contribution >= 0.6 is 50.9 Å². The Bertz CT molecular complexity index is 1180. The Kier molecular flexibility index (Phi) is 11.8. The molecule has 0 aliphatic heterocycles. The average Bonchev–Trinajstić information content (AvgIpc) is 2.88. The number of nitrogens with zero attached hydrogens (tertiary/aromatic N) is 1. The van der Waals surface area contributed by atoms with Crippen LogP contribution in [0.5, 0.6) is 0 Å². The Morgan fingerprint density at radius 3 is 2.27 bits per heavy atom. The molecule has 196 valence electrons. The van der Waals surface area contributed by atoms with Gasteiger partial charge < -0.3 is 10.2 Å². The lowest BCUT2D eigenvalue weighted by atomic mass is 10.0. The fourth-order valence-corrected chi connectivity index (χ4v) is 5.91. The molecule has 0 bridgehead atoms. The highest BCUT2D eigenvalue weighted by molar-refractivity contribution is 9.10. The number of benzene rings is 3. The van der Waals surface area contributed by atoms with E-state index >= 15 is 0 Å². The van der Waals surface area contributed by atoms with Crippen molar-refractivity contribution in [2.75, 3.05) is 5.75 Å². The number of thioether (sulfide) groups is 1. The van der Waals surface area contributed by atoms with Crippen molar-refractivity contribution in [2.45, 2.75) is 51.1 Å². The summed E-state index contributed by atoms with van der Waals surface area (Å²) in [5, 5.41) is 4.25. The van der Waals surface area contributed by atoms with Gasteiger partial charge in [-0.1, -0.05) is 94.6 Å². The van der Waals surface area contributed by atoms with E-state index in [1.165, 1.54) is 11.8 Å². The lowest BCUT2D eigenvalue weighted by Gasteiger charge is -2.32. The standard InChI is InChI=1S/C29H31BrCl2N2O2S/c1-3-20(2)33-29(36)27(16-21-9-5-4-6-10-21)34(17-22-11-7-12-23(30)15-22)28(35)19-37-18-24-25(31)13-8-14-26(24)32/h4-15,20,27H,3,16-19H2,1-2H3,(H,33,36)/t20-,27+/m0/s1. The van der Waals surface area contributed by atoms with E-state index in [0.717, 1.165) is 27.6 Å². The summed E-state index contributed by atoms with van der Waals surface area (Å²) in [4.78, 5) is 29.0. The molecule has 3 aromatic rings.